The van der Waals surface area contributed by atoms with Crippen LogP contribution in [0.2, 0.25) is 0 Å². The number of carbonyl (C=O) groups excluding carboxylic acids is 2. The molecule has 0 bridgehead atoms. The summed E-state index contributed by atoms with van der Waals surface area (Å²) in [7, 11) is 1.55. The maximum atomic E-state index is 12.9. The Balaban J connectivity index is 1.60. The number of nitrogens with one attached hydrogen (secondary N) is 1. The first-order chi connectivity index (χ1) is 15.1. The van der Waals surface area contributed by atoms with Crippen molar-refractivity contribution in [3.63, 3.8) is 0 Å². The highest BCUT2D eigenvalue weighted by Gasteiger charge is 2.50. The number of methoxy groups -OCH3 is 1. The molecule has 31 heavy (non-hydrogen) atoms. The normalized spacial score (nSPS) is 30.1. The molecule has 6 atom stereocenters. The fourth-order valence-electron chi connectivity index (χ4n) is 4.93. The number of esters is 1. The van der Waals surface area contributed by atoms with Crippen LogP contribution in [-0.2, 0) is 19.0 Å². The Morgan fingerprint density at radius 1 is 1.00 bits per heavy atom. The summed E-state index contributed by atoms with van der Waals surface area (Å²) in [5.74, 6) is -0.299. The van der Waals surface area contributed by atoms with Gasteiger partial charge in [0.1, 0.15) is 12.1 Å². The summed E-state index contributed by atoms with van der Waals surface area (Å²) in [4.78, 5) is 24.9. The first-order valence-corrected chi connectivity index (χ1v) is 10.8. The van der Waals surface area contributed by atoms with E-state index in [0.717, 1.165) is 19.3 Å². The fourth-order valence-corrected chi connectivity index (χ4v) is 4.93. The average molecular weight is 424 g/mol. The first-order valence-electron chi connectivity index (χ1n) is 10.8. The monoisotopic (exact) mass is 423 g/mol. The van der Waals surface area contributed by atoms with Gasteiger partial charge in [0.05, 0.1) is 6.10 Å². The predicted octanol–water partition coefficient (Wildman–Crippen LogP) is 3.67. The van der Waals surface area contributed by atoms with E-state index in [1.165, 1.54) is 12.5 Å². The van der Waals surface area contributed by atoms with Crippen LogP contribution < -0.4 is 5.32 Å². The molecule has 1 aliphatic heterocycles. The largest absolute Gasteiger partial charge is 0.460 e. The van der Waals surface area contributed by atoms with Crippen LogP contribution in [0.1, 0.15) is 48.0 Å². The van der Waals surface area contributed by atoms with Crippen molar-refractivity contribution in [1.29, 1.82) is 0 Å². The smallest absolute Gasteiger partial charge is 0.302 e. The van der Waals surface area contributed by atoms with Crippen LogP contribution in [0.25, 0.3) is 0 Å². The second kappa shape index (κ2) is 9.62. The average Bonchev–Trinajstić information content (AvgIpc) is 2.80. The minimum absolute atomic E-state index is 0.0321. The topological polar surface area (TPSA) is 73.9 Å². The Kier molecular flexibility index (Phi) is 6.68. The summed E-state index contributed by atoms with van der Waals surface area (Å²) in [6, 6.07) is 18.8. The zero-order chi connectivity index (χ0) is 21.8. The van der Waals surface area contributed by atoms with Gasteiger partial charge in [0.15, 0.2) is 6.29 Å². The standard InChI is InChI=1S/C25H29NO5/c1-16(27)30-23-20-15-19(17-9-5-3-6-10-17)13-14-21(20)31-25(29-2)22(23)26-24(28)18-11-7-4-8-12-18/h3-12,19-23,25H,13-15H2,1-2H3,(H,26,28)/t19-,20+,21+,22-,23-,25+/m0/s1. The van der Waals surface area contributed by atoms with Gasteiger partial charge in [-0.25, -0.2) is 0 Å². The fraction of sp³-hybridized carbons (Fsp3) is 0.440. The lowest BCUT2D eigenvalue weighted by Gasteiger charge is -2.49. The van der Waals surface area contributed by atoms with E-state index in [1.54, 1.807) is 19.2 Å². The Labute approximate surface area is 182 Å². The third kappa shape index (κ3) is 4.81. The summed E-state index contributed by atoms with van der Waals surface area (Å²) in [5.41, 5.74) is 1.81. The van der Waals surface area contributed by atoms with Gasteiger partial charge in [0.25, 0.3) is 5.91 Å². The predicted molar refractivity (Wildman–Crippen MR) is 115 cm³/mol. The second-order valence-electron chi connectivity index (χ2n) is 8.30. The van der Waals surface area contributed by atoms with Crippen molar-refractivity contribution in [2.45, 2.75) is 56.6 Å². The zero-order valence-corrected chi connectivity index (χ0v) is 17.9. The number of fused-ring (bicyclic) bond motifs is 1. The molecule has 0 radical (unpaired) electrons. The summed E-state index contributed by atoms with van der Waals surface area (Å²) in [5, 5.41) is 3.01. The van der Waals surface area contributed by atoms with Gasteiger partial charge in [-0.15, -0.1) is 0 Å². The van der Waals surface area contributed by atoms with Crippen molar-refractivity contribution in [3.8, 4) is 0 Å². The van der Waals surface area contributed by atoms with Gasteiger partial charge in [0.2, 0.25) is 0 Å². The molecule has 0 unspecified atom stereocenters. The molecule has 2 aliphatic rings. The molecule has 1 heterocycles. The minimum atomic E-state index is -0.688. The molecule has 1 aliphatic carbocycles. The number of amides is 1. The van der Waals surface area contributed by atoms with Crippen LogP contribution >= 0.6 is 0 Å². The SMILES string of the molecule is CO[C@@H]1O[C@@H]2CC[C@H](c3ccccc3)C[C@H]2[C@H](OC(C)=O)[C@@H]1NC(=O)c1ccccc1. The van der Waals surface area contributed by atoms with E-state index >= 15 is 0 Å². The van der Waals surface area contributed by atoms with Gasteiger partial charge in [-0.1, -0.05) is 48.5 Å². The number of benzene rings is 2. The Bertz CT molecular complexity index is 887. The summed E-state index contributed by atoms with van der Waals surface area (Å²) < 4.78 is 17.7. The van der Waals surface area contributed by atoms with Crippen molar-refractivity contribution in [2.75, 3.05) is 7.11 Å². The molecule has 1 N–H and O–H groups in total. The van der Waals surface area contributed by atoms with Gasteiger partial charge < -0.3 is 19.5 Å². The lowest BCUT2D eigenvalue weighted by atomic mass is 9.71. The maximum absolute atomic E-state index is 12.9. The van der Waals surface area contributed by atoms with Crippen LogP contribution in [0, 0.1) is 5.92 Å². The van der Waals surface area contributed by atoms with E-state index in [4.69, 9.17) is 14.2 Å². The van der Waals surface area contributed by atoms with E-state index in [1.807, 2.05) is 36.4 Å². The molecule has 2 fully saturated rings. The quantitative estimate of drug-likeness (QED) is 0.743. The van der Waals surface area contributed by atoms with E-state index in [0.29, 0.717) is 11.5 Å². The Morgan fingerprint density at radius 2 is 1.68 bits per heavy atom. The van der Waals surface area contributed by atoms with Gasteiger partial charge in [-0.05, 0) is 42.9 Å². The zero-order valence-electron chi connectivity index (χ0n) is 17.9. The summed E-state index contributed by atoms with van der Waals surface area (Å²) >= 11 is 0. The van der Waals surface area contributed by atoms with Crippen LogP contribution in [-0.4, -0.2) is 43.5 Å². The van der Waals surface area contributed by atoms with Crippen LogP contribution in [0.5, 0.6) is 0 Å². The Hall–Kier alpha value is -2.70. The summed E-state index contributed by atoms with van der Waals surface area (Å²) in [6.45, 7) is 1.40. The highest BCUT2D eigenvalue weighted by molar-refractivity contribution is 5.94. The molecular formula is C25H29NO5. The van der Waals surface area contributed by atoms with E-state index in [-0.39, 0.29) is 23.9 Å². The van der Waals surface area contributed by atoms with E-state index in [2.05, 4.69) is 17.4 Å². The van der Waals surface area contributed by atoms with Crippen LogP contribution in [0.15, 0.2) is 60.7 Å². The lowest BCUT2D eigenvalue weighted by molar-refractivity contribution is -0.253. The molecular weight excluding hydrogens is 394 g/mol. The molecule has 164 valence electrons. The highest BCUT2D eigenvalue weighted by atomic mass is 16.7. The number of hydrogen-bond donors (Lipinski definition) is 1. The molecule has 6 nitrogen and oxygen atoms in total. The summed E-state index contributed by atoms with van der Waals surface area (Å²) in [6.07, 6.45) is 1.36. The number of ether oxygens (including phenoxy) is 3. The molecule has 1 saturated heterocycles. The third-order valence-corrected chi connectivity index (χ3v) is 6.35. The third-order valence-electron chi connectivity index (χ3n) is 6.35. The van der Waals surface area contributed by atoms with Gasteiger partial charge in [-0.2, -0.15) is 0 Å². The second-order valence-corrected chi connectivity index (χ2v) is 8.30. The van der Waals surface area contributed by atoms with Crippen molar-refractivity contribution in [3.05, 3.63) is 71.8 Å². The van der Waals surface area contributed by atoms with Crippen molar-refractivity contribution >= 4 is 11.9 Å². The van der Waals surface area contributed by atoms with Crippen molar-refractivity contribution in [2.24, 2.45) is 5.92 Å². The number of hydrogen-bond acceptors (Lipinski definition) is 5. The minimum Gasteiger partial charge on any atom is -0.460 e. The van der Waals surface area contributed by atoms with Crippen LogP contribution in [0.4, 0.5) is 0 Å². The molecule has 0 spiro atoms. The van der Waals surface area contributed by atoms with Crippen molar-refractivity contribution in [1.82, 2.24) is 5.32 Å². The molecule has 4 rings (SSSR count). The molecule has 0 aromatic heterocycles. The molecule has 6 heteroatoms. The molecule has 1 amide bonds. The number of rotatable bonds is 5. The van der Waals surface area contributed by atoms with Crippen LogP contribution in [0.3, 0.4) is 0 Å². The molecule has 2 aromatic rings. The van der Waals surface area contributed by atoms with E-state index in [9.17, 15) is 9.59 Å². The van der Waals surface area contributed by atoms with Gasteiger partial charge >= 0.3 is 5.97 Å². The number of carbonyl (C=O) groups is 2. The first kappa shape index (κ1) is 21.5. The highest BCUT2D eigenvalue weighted by Crippen LogP contribution is 2.44. The molecule has 2 aromatic carbocycles. The van der Waals surface area contributed by atoms with Gasteiger partial charge in [0, 0.05) is 25.5 Å². The lowest BCUT2D eigenvalue weighted by Crippen LogP contribution is -2.63. The van der Waals surface area contributed by atoms with Crippen molar-refractivity contribution < 1.29 is 23.8 Å². The maximum Gasteiger partial charge on any atom is 0.302 e. The Morgan fingerprint density at radius 3 is 2.32 bits per heavy atom. The van der Waals surface area contributed by atoms with Gasteiger partial charge in [-0.3, -0.25) is 9.59 Å². The molecule has 1 saturated carbocycles. The van der Waals surface area contributed by atoms with E-state index < -0.39 is 18.4 Å².